The summed E-state index contributed by atoms with van der Waals surface area (Å²) in [7, 11) is -3.73. The van der Waals surface area contributed by atoms with Crippen molar-refractivity contribution >= 4 is 62.1 Å². The number of sulfonamides is 1. The third-order valence-electron chi connectivity index (χ3n) is 4.32. The molecule has 1 saturated heterocycles. The van der Waals surface area contributed by atoms with Crippen molar-refractivity contribution in [3.05, 3.63) is 49.6 Å². The molecule has 2 aromatic rings. The average molecular weight is 483 g/mol. The lowest BCUT2D eigenvalue weighted by atomic mass is 10.3. The topological polar surface area (TPSA) is 69.7 Å². The molecule has 3 rings (SSSR count). The summed E-state index contributed by atoms with van der Waals surface area (Å²) in [4.78, 5) is 15.0. The molecule has 0 radical (unpaired) electrons. The van der Waals surface area contributed by atoms with E-state index in [1.165, 1.54) is 21.7 Å². The molecule has 6 nitrogen and oxygen atoms in total. The molecule has 2 heterocycles. The van der Waals surface area contributed by atoms with E-state index in [9.17, 15) is 13.2 Å². The maximum atomic E-state index is 12.8. The van der Waals surface area contributed by atoms with Crippen LogP contribution in [0.25, 0.3) is 0 Å². The molecule has 0 atom stereocenters. The number of halogens is 3. The molecule has 1 aliphatic heterocycles. The van der Waals surface area contributed by atoms with Crippen molar-refractivity contribution < 1.29 is 13.2 Å². The van der Waals surface area contributed by atoms with Gasteiger partial charge in [0.1, 0.15) is 4.90 Å². The largest absolute Gasteiger partial charge is 0.350 e. The summed E-state index contributed by atoms with van der Waals surface area (Å²) < 4.78 is 27.7. The smallest absolute Gasteiger partial charge is 0.244 e. The van der Waals surface area contributed by atoms with Crippen LogP contribution in [-0.4, -0.2) is 56.3 Å². The van der Waals surface area contributed by atoms with E-state index in [2.05, 4.69) is 5.32 Å². The van der Waals surface area contributed by atoms with Crippen molar-refractivity contribution in [3.8, 4) is 0 Å². The Bertz CT molecular complexity index is 958. The molecule has 0 aliphatic carbocycles. The predicted molar refractivity (Wildman–Crippen MR) is 113 cm³/mol. The molecular weight excluding hydrogens is 465 g/mol. The van der Waals surface area contributed by atoms with Crippen molar-refractivity contribution in [2.45, 2.75) is 11.4 Å². The third kappa shape index (κ3) is 5.18. The van der Waals surface area contributed by atoms with Gasteiger partial charge in [0.15, 0.2) is 0 Å². The van der Waals surface area contributed by atoms with Gasteiger partial charge in [0.2, 0.25) is 15.9 Å². The highest BCUT2D eigenvalue weighted by Gasteiger charge is 2.31. The maximum absolute atomic E-state index is 12.8. The maximum Gasteiger partial charge on any atom is 0.244 e. The molecule has 28 heavy (non-hydrogen) atoms. The van der Waals surface area contributed by atoms with Crippen LogP contribution in [0.3, 0.4) is 0 Å². The van der Waals surface area contributed by atoms with Gasteiger partial charge >= 0.3 is 0 Å². The van der Waals surface area contributed by atoms with E-state index in [4.69, 9.17) is 34.8 Å². The van der Waals surface area contributed by atoms with E-state index >= 15 is 0 Å². The first-order chi connectivity index (χ1) is 13.3. The number of piperazine rings is 1. The highest BCUT2D eigenvalue weighted by atomic mass is 35.5. The van der Waals surface area contributed by atoms with Gasteiger partial charge in [-0.1, -0.05) is 40.9 Å². The number of nitrogens with zero attached hydrogens (tertiary/aromatic N) is 2. The number of hydrogen-bond acceptors (Lipinski definition) is 5. The van der Waals surface area contributed by atoms with Gasteiger partial charge in [-0.2, -0.15) is 4.31 Å². The number of carbonyl (C=O) groups is 1. The first-order valence-electron chi connectivity index (χ1n) is 8.45. The predicted octanol–water partition coefficient (Wildman–Crippen LogP) is 3.33. The highest BCUT2D eigenvalue weighted by Crippen LogP contribution is 2.31. The van der Waals surface area contributed by atoms with Gasteiger partial charge in [0.05, 0.1) is 27.5 Å². The molecule has 1 aromatic carbocycles. The van der Waals surface area contributed by atoms with Gasteiger partial charge in [-0.05, 0) is 24.3 Å². The fourth-order valence-corrected chi connectivity index (χ4v) is 6.03. The fourth-order valence-electron chi connectivity index (χ4n) is 2.84. The van der Waals surface area contributed by atoms with Crippen LogP contribution in [0, 0.1) is 0 Å². The summed E-state index contributed by atoms with van der Waals surface area (Å²) in [6, 6.07) is 8.21. The van der Waals surface area contributed by atoms with Crippen molar-refractivity contribution in [3.63, 3.8) is 0 Å². The standard InChI is InChI=1S/C17H18Cl3N3O3S2/c18-13-2-1-3-14(17(13)20)28(25,26)23-8-6-22(7-9-23)11-16(24)21-10-12-4-5-15(19)27-12/h1-5H,6-11H2,(H,21,24). The number of benzene rings is 1. The molecular formula is C17H18Cl3N3O3S2. The molecule has 1 N–H and O–H groups in total. The second kappa shape index (κ2) is 9.30. The van der Waals surface area contributed by atoms with Crippen LogP contribution in [-0.2, 0) is 21.4 Å². The zero-order valence-electron chi connectivity index (χ0n) is 14.7. The molecule has 11 heteroatoms. The Labute approximate surface area is 183 Å². The lowest BCUT2D eigenvalue weighted by Crippen LogP contribution is -2.51. The third-order valence-corrected chi connectivity index (χ3v) is 8.42. The van der Waals surface area contributed by atoms with Gasteiger partial charge in [-0.25, -0.2) is 8.42 Å². The Morgan fingerprint density at radius 1 is 1.07 bits per heavy atom. The molecule has 1 amide bonds. The van der Waals surface area contributed by atoms with Crippen LogP contribution in [0.1, 0.15) is 4.88 Å². The van der Waals surface area contributed by atoms with E-state index in [0.717, 1.165) is 4.88 Å². The lowest BCUT2D eigenvalue weighted by Gasteiger charge is -2.33. The van der Waals surface area contributed by atoms with Crippen LogP contribution in [0.15, 0.2) is 35.2 Å². The SMILES string of the molecule is O=C(CN1CCN(S(=O)(=O)c2cccc(Cl)c2Cl)CC1)NCc1ccc(Cl)s1. The first kappa shape index (κ1) is 21.8. The lowest BCUT2D eigenvalue weighted by molar-refractivity contribution is -0.122. The minimum atomic E-state index is -3.73. The van der Waals surface area contributed by atoms with Crippen LogP contribution in [0.4, 0.5) is 0 Å². The van der Waals surface area contributed by atoms with Crippen LogP contribution in [0.2, 0.25) is 14.4 Å². The number of rotatable bonds is 6. The first-order valence-corrected chi connectivity index (χ1v) is 11.8. The minimum absolute atomic E-state index is 0.00229. The number of thiophene rings is 1. The monoisotopic (exact) mass is 481 g/mol. The van der Waals surface area contributed by atoms with Crippen LogP contribution in [0.5, 0.6) is 0 Å². The van der Waals surface area contributed by atoms with Crippen molar-refractivity contribution in [2.75, 3.05) is 32.7 Å². The summed E-state index contributed by atoms with van der Waals surface area (Å²) in [5.41, 5.74) is 0. The van der Waals surface area contributed by atoms with E-state index in [-0.39, 0.29) is 40.5 Å². The Balaban J connectivity index is 1.52. The molecule has 0 spiro atoms. The van der Waals surface area contributed by atoms with E-state index in [1.807, 2.05) is 11.0 Å². The molecule has 0 unspecified atom stereocenters. The summed E-state index contributed by atoms with van der Waals surface area (Å²) in [5.74, 6) is -0.112. The van der Waals surface area contributed by atoms with Crippen LogP contribution < -0.4 is 5.32 Å². The Morgan fingerprint density at radius 3 is 2.43 bits per heavy atom. The van der Waals surface area contributed by atoms with Gasteiger partial charge in [-0.3, -0.25) is 9.69 Å². The number of hydrogen-bond donors (Lipinski definition) is 1. The summed E-state index contributed by atoms with van der Waals surface area (Å²) in [6.45, 7) is 2.10. The van der Waals surface area contributed by atoms with Crippen molar-refractivity contribution in [1.82, 2.24) is 14.5 Å². The Hall–Kier alpha value is -0.870. The molecule has 1 aliphatic rings. The molecule has 1 aromatic heterocycles. The van der Waals surface area contributed by atoms with Crippen molar-refractivity contribution in [1.29, 1.82) is 0 Å². The quantitative estimate of drug-likeness (QED) is 0.686. The van der Waals surface area contributed by atoms with Gasteiger partial charge in [-0.15, -0.1) is 11.3 Å². The fraction of sp³-hybridized carbons (Fsp3) is 0.353. The Kier molecular flexibility index (Phi) is 7.25. The number of carbonyl (C=O) groups excluding carboxylic acids is 1. The summed E-state index contributed by atoms with van der Waals surface area (Å²) in [5, 5.41) is 3.07. The second-order valence-corrected chi connectivity index (χ2v) is 10.7. The zero-order chi connectivity index (χ0) is 20.3. The van der Waals surface area contributed by atoms with E-state index in [1.54, 1.807) is 18.2 Å². The minimum Gasteiger partial charge on any atom is -0.350 e. The molecule has 1 fully saturated rings. The normalized spacial score (nSPS) is 16.2. The zero-order valence-corrected chi connectivity index (χ0v) is 18.6. The summed E-state index contributed by atoms with van der Waals surface area (Å²) >= 11 is 19.3. The molecule has 152 valence electrons. The van der Waals surface area contributed by atoms with Gasteiger partial charge in [0.25, 0.3) is 0 Å². The average Bonchev–Trinajstić information content (AvgIpc) is 3.08. The second-order valence-electron chi connectivity index (χ2n) is 6.21. The Morgan fingerprint density at radius 2 is 1.79 bits per heavy atom. The van der Waals surface area contributed by atoms with Gasteiger partial charge < -0.3 is 5.32 Å². The van der Waals surface area contributed by atoms with Crippen LogP contribution >= 0.6 is 46.1 Å². The number of amides is 1. The van der Waals surface area contributed by atoms with Gasteiger partial charge in [0, 0.05) is 31.1 Å². The van der Waals surface area contributed by atoms with E-state index in [0.29, 0.717) is 24.0 Å². The molecule has 0 bridgehead atoms. The molecule has 0 saturated carbocycles. The van der Waals surface area contributed by atoms with E-state index < -0.39 is 10.0 Å². The summed E-state index contributed by atoms with van der Waals surface area (Å²) in [6.07, 6.45) is 0. The number of nitrogens with one attached hydrogen (secondary N) is 1. The highest BCUT2D eigenvalue weighted by molar-refractivity contribution is 7.89. The van der Waals surface area contributed by atoms with Crippen molar-refractivity contribution in [2.24, 2.45) is 0 Å².